The monoisotopic (exact) mass is 297 g/mol. The molecule has 0 heterocycles. The van der Waals surface area contributed by atoms with Crippen LogP contribution in [-0.2, 0) is 22.9 Å². The van der Waals surface area contributed by atoms with Gasteiger partial charge in [0.2, 0.25) is 10.0 Å². The zero-order valence-corrected chi connectivity index (χ0v) is 12.9. The lowest BCUT2D eigenvalue weighted by atomic mass is 9.92. The molecule has 5 heteroatoms. The Morgan fingerprint density at radius 2 is 1.85 bits per heavy atom. The molecule has 0 fully saturated rings. The number of sulfonamides is 1. The van der Waals surface area contributed by atoms with Crippen LogP contribution in [0.2, 0.25) is 0 Å². The summed E-state index contributed by atoms with van der Waals surface area (Å²) >= 11 is 0. The van der Waals surface area contributed by atoms with E-state index in [4.69, 9.17) is 0 Å². The number of hydrogen-bond acceptors (Lipinski definition) is 3. The Hall–Kier alpha value is -0.910. The van der Waals surface area contributed by atoms with Gasteiger partial charge in [-0.15, -0.1) is 0 Å². The first-order chi connectivity index (χ1) is 9.38. The van der Waals surface area contributed by atoms with Crippen LogP contribution in [0.3, 0.4) is 0 Å². The fraction of sp³-hybridized carbons (Fsp3) is 0.600. The number of aliphatic hydroxyl groups excluding tert-OH is 1. The Balaban J connectivity index is 2.17. The van der Waals surface area contributed by atoms with Gasteiger partial charge in [-0.1, -0.05) is 6.07 Å². The summed E-state index contributed by atoms with van der Waals surface area (Å²) in [5.74, 6) is 0. The van der Waals surface area contributed by atoms with Crippen LogP contribution < -0.4 is 4.72 Å². The number of nitrogens with one attached hydrogen (secondary N) is 1. The van der Waals surface area contributed by atoms with Crippen LogP contribution in [0.25, 0.3) is 0 Å². The third-order valence-corrected chi connectivity index (χ3v) is 5.27. The highest BCUT2D eigenvalue weighted by atomic mass is 32.2. The molecule has 4 nitrogen and oxygen atoms in total. The third kappa shape index (κ3) is 3.81. The maximum Gasteiger partial charge on any atom is 0.240 e. The van der Waals surface area contributed by atoms with E-state index in [1.165, 1.54) is 12.0 Å². The van der Waals surface area contributed by atoms with Crippen LogP contribution in [0, 0.1) is 0 Å². The van der Waals surface area contributed by atoms with E-state index in [2.05, 4.69) is 4.72 Å². The van der Waals surface area contributed by atoms with Crippen LogP contribution in [0.1, 0.15) is 44.2 Å². The van der Waals surface area contributed by atoms with Gasteiger partial charge in [0.15, 0.2) is 0 Å². The predicted octanol–water partition coefficient (Wildman–Crippen LogP) is 2.00. The summed E-state index contributed by atoms with van der Waals surface area (Å²) in [5, 5.41) is 9.31. The van der Waals surface area contributed by atoms with Gasteiger partial charge in [-0.05, 0) is 69.2 Å². The van der Waals surface area contributed by atoms with Crippen molar-refractivity contribution in [3.63, 3.8) is 0 Å². The summed E-state index contributed by atoms with van der Waals surface area (Å²) < 4.78 is 27.3. The van der Waals surface area contributed by atoms with Gasteiger partial charge in [0.1, 0.15) is 0 Å². The van der Waals surface area contributed by atoms with Gasteiger partial charge in [0.05, 0.1) is 11.0 Å². The normalized spacial score (nSPS) is 18.4. The average Bonchev–Trinajstić information content (AvgIpc) is 2.36. The van der Waals surface area contributed by atoms with Crippen molar-refractivity contribution in [2.24, 2.45) is 0 Å². The zero-order valence-electron chi connectivity index (χ0n) is 12.1. The fourth-order valence-corrected chi connectivity index (χ4v) is 4.08. The molecule has 2 N–H and O–H groups in total. The maximum atomic E-state index is 12.3. The van der Waals surface area contributed by atoms with Crippen molar-refractivity contribution in [2.45, 2.75) is 63.0 Å². The van der Waals surface area contributed by atoms with E-state index >= 15 is 0 Å². The summed E-state index contributed by atoms with van der Waals surface area (Å²) in [5.41, 5.74) is 2.43. The van der Waals surface area contributed by atoms with Crippen LogP contribution in [0.5, 0.6) is 0 Å². The highest BCUT2D eigenvalue weighted by Crippen LogP contribution is 2.24. The van der Waals surface area contributed by atoms with Crippen molar-refractivity contribution >= 4 is 10.0 Å². The molecular weight excluding hydrogens is 274 g/mol. The van der Waals surface area contributed by atoms with Crippen molar-refractivity contribution in [2.75, 3.05) is 0 Å². The quantitative estimate of drug-likeness (QED) is 0.873. The van der Waals surface area contributed by atoms with Gasteiger partial charge in [-0.3, -0.25) is 0 Å². The molecule has 1 aliphatic carbocycles. The minimum atomic E-state index is -3.50. The molecule has 112 valence electrons. The zero-order chi connectivity index (χ0) is 14.8. The first-order valence-electron chi connectivity index (χ1n) is 7.20. The van der Waals surface area contributed by atoms with Crippen LogP contribution in [-0.4, -0.2) is 25.7 Å². The Bertz CT molecular complexity index is 566. The smallest absolute Gasteiger partial charge is 0.240 e. The van der Waals surface area contributed by atoms with Crippen molar-refractivity contribution in [1.82, 2.24) is 4.72 Å². The molecule has 2 rings (SSSR count). The minimum Gasteiger partial charge on any atom is -0.393 e. The van der Waals surface area contributed by atoms with Crippen molar-refractivity contribution in [3.8, 4) is 0 Å². The number of aliphatic hydroxyl groups is 1. The summed E-state index contributed by atoms with van der Waals surface area (Å²) in [6.07, 6.45) is 4.20. The second-order valence-corrected chi connectivity index (χ2v) is 7.46. The van der Waals surface area contributed by atoms with Gasteiger partial charge in [0, 0.05) is 6.04 Å². The Morgan fingerprint density at radius 1 is 1.20 bits per heavy atom. The van der Waals surface area contributed by atoms with E-state index in [0.29, 0.717) is 11.3 Å². The lowest BCUT2D eigenvalue weighted by Crippen LogP contribution is -2.34. The van der Waals surface area contributed by atoms with E-state index in [1.54, 1.807) is 26.0 Å². The molecule has 2 atom stereocenters. The second-order valence-electron chi connectivity index (χ2n) is 5.74. The highest BCUT2D eigenvalue weighted by Gasteiger charge is 2.20. The minimum absolute atomic E-state index is 0.281. The summed E-state index contributed by atoms with van der Waals surface area (Å²) in [7, 11) is -3.50. The third-order valence-electron chi connectivity index (χ3n) is 3.68. The van der Waals surface area contributed by atoms with Gasteiger partial charge in [0.25, 0.3) is 0 Å². The molecule has 1 aromatic carbocycles. The summed E-state index contributed by atoms with van der Waals surface area (Å²) in [6, 6.07) is 5.13. The standard InChI is InChI=1S/C15H23NO3S/c1-11(9-12(2)17)16-20(18,19)15-8-7-13-5-3-4-6-14(13)10-15/h7-8,10-12,16-17H,3-6,9H2,1-2H3. The van der Waals surface area contributed by atoms with Crippen molar-refractivity contribution in [1.29, 1.82) is 0 Å². The average molecular weight is 297 g/mol. The molecule has 0 radical (unpaired) electrons. The van der Waals surface area contributed by atoms with Gasteiger partial charge in [-0.2, -0.15) is 0 Å². The molecule has 1 aromatic rings. The van der Waals surface area contributed by atoms with E-state index in [9.17, 15) is 13.5 Å². The first-order valence-corrected chi connectivity index (χ1v) is 8.69. The van der Waals surface area contributed by atoms with Crippen LogP contribution in [0.15, 0.2) is 23.1 Å². The number of benzene rings is 1. The van der Waals surface area contributed by atoms with Crippen LogP contribution >= 0.6 is 0 Å². The number of fused-ring (bicyclic) bond motifs is 1. The van der Waals surface area contributed by atoms with E-state index in [1.807, 2.05) is 6.07 Å². The molecule has 2 unspecified atom stereocenters. The second kappa shape index (κ2) is 6.24. The summed E-state index contributed by atoms with van der Waals surface area (Å²) in [6.45, 7) is 3.42. The van der Waals surface area contributed by atoms with E-state index < -0.39 is 16.1 Å². The van der Waals surface area contributed by atoms with Gasteiger partial charge >= 0.3 is 0 Å². The van der Waals surface area contributed by atoms with Crippen molar-refractivity contribution in [3.05, 3.63) is 29.3 Å². The van der Waals surface area contributed by atoms with Gasteiger partial charge < -0.3 is 5.11 Å². The lowest BCUT2D eigenvalue weighted by molar-refractivity contribution is 0.175. The highest BCUT2D eigenvalue weighted by molar-refractivity contribution is 7.89. The molecular formula is C15H23NO3S. The summed E-state index contributed by atoms with van der Waals surface area (Å²) in [4.78, 5) is 0.329. The van der Waals surface area contributed by atoms with Crippen molar-refractivity contribution < 1.29 is 13.5 Å². The van der Waals surface area contributed by atoms with E-state index in [0.717, 1.165) is 24.8 Å². The molecule has 0 aliphatic heterocycles. The fourth-order valence-electron chi connectivity index (χ4n) is 2.77. The number of aryl methyl sites for hydroxylation is 2. The Morgan fingerprint density at radius 3 is 2.50 bits per heavy atom. The van der Waals surface area contributed by atoms with Gasteiger partial charge in [-0.25, -0.2) is 13.1 Å². The maximum absolute atomic E-state index is 12.3. The molecule has 1 aliphatic rings. The molecule has 0 spiro atoms. The Labute approximate surface area is 121 Å². The number of rotatable bonds is 5. The van der Waals surface area contributed by atoms with E-state index in [-0.39, 0.29) is 6.04 Å². The predicted molar refractivity (Wildman–Crippen MR) is 79.2 cm³/mol. The molecule has 0 aromatic heterocycles. The largest absolute Gasteiger partial charge is 0.393 e. The molecule has 0 bridgehead atoms. The molecule has 0 amide bonds. The Kier molecular flexibility index (Phi) is 4.83. The SMILES string of the molecule is CC(O)CC(C)NS(=O)(=O)c1ccc2c(c1)CCCC2. The number of hydrogen-bond donors (Lipinski definition) is 2. The molecule has 0 saturated heterocycles. The lowest BCUT2D eigenvalue weighted by Gasteiger charge is -2.19. The molecule has 0 saturated carbocycles. The molecule has 20 heavy (non-hydrogen) atoms. The first kappa shape index (κ1) is 15.5. The van der Waals surface area contributed by atoms with Crippen LogP contribution in [0.4, 0.5) is 0 Å². The topological polar surface area (TPSA) is 66.4 Å².